The van der Waals surface area contributed by atoms with Crippen LogP contribution >= 0.6 is 0 Å². The Bertz CT molecular complexity index is 830. The van der Waals surface area contributed by atoms with Gasteiger partial charge in [-0.2, -0.15) is 0 Å². The monoisotopic (exact) mass is 348 g/mol. The molecule has 2 aromatic rings. The van der Waals surface area contributed by atoms with Crippen molar-refractivity contribution < 1.29 is 17.9 Å². The van der Waals surface area contributed by atoms with Gasteiger partial charge in [-0.05, 0) is 61.4 Å². The minimum absolute atomic E-state index is 0.0611. The van der Waals surface area contributed by atoms with Gasteiger partial charge >= 0.3 is 0 Å². The first-order valence-corrected chi connectivity index (χ1v) is 8.79. The average molecular weight is 348 g/mol. The molecule has 0 heterocycles. The molecule has 0 atom stereocenters. The number of methoxy groups -OCH3 is 1. The van der Waals surface area contributed by atoms with Crippen molar-refractivity contribution in [3.05, 3.63) is 53.6 Å². The maximum atomic E-state index is 12.4. The fraction of sp³-hybridized carbons (Fsp3) is 0.235. The van der Waals surface area contributed by atoms with Crippen molar-refractivity contribution >= 4 is 27.3 Å². The first-order chi connectivity index (χ1) is 11.3. The molecule has 1 amide bonds. The molecule has 0 radical (unpaired) electrons. The van der Waals surface area contributed by atoms with E-state index in [-0.39, 0.29) is 17.4 Å². The molecule has 0 aliphatic rings. The predicted molar refractivity (Wildman–Crippen MR) is 93.7 cm³/mol. The number of hydrogen-bond acceptors (Lipinski definition) is 4. The normalized spacial score (nSPS) is 11.1. The molecule has 2 aromatic carbocycles. The third kappa shape index (κ3) is 4.56. The van der Waals surface area contributed by atoms with E-state index in [1.54, 1.807) is 12.1 Å². The van der Waals surface area contributed by atoms with Gasteiger partial charge in [-0.3, -0.25) is 9.52 Å². The molecule has 7 heteroatoms. The van der Waals surface area contributed by atoms with Crippen molar-refractivity contribution in [2.24, 2.45) is 0 Å². The smallest absolute Gasteiger partial charge is 0.261 e. The predicted octanol–water partition coefficient (Wildman–Crippen LogP) is 2.69. The number of nitrogens with one attached hydrogen (secondary N) is 2. The van der Waals surface area contributed by atoms with E-state index in [4.69, 9.17) is 4.74 Å². The largest absolute Gasteiger partial charge is 0.375 e. The summed E-state index contributed by atoms with van der Waals surface area (Å²) in [5.74, 6) is -0.304. The Hall–Kier alpha value is -2.38. The number of amides is 1. The lowest BCUT2D eigenvalue weighted by Gasteiger charge is -2.11. The summed E-state index contributed by atoms with van der Waals surface area (Å²) in [7, 11) is -2.26. The van der Waals surface area contributed by atoms with E-state index in [0.29, 0.717) is 11.4 Å². The number of aryl methyl sites for hydroxylation is 2. The minimum Gasteiger partial charge on any atom is -0.375 e. The van der Waals surface area contributed by atoms with Gasteiger partial charge in [0.05, 0.1) is 4.90 Å². The number of carbonyl (C=O) groups is 1. The van der Waals surface area contributed by atoms with Crippen LogP contribution in [-0.4, -0.2) is 28.0 Å². The van der Waals surface area contributed by atoms with E-state index in [9.17, 15) is 13.2 Å². The van der Waals surface area contributed by atoms with Crippen molar-refractivity contribution in [1.29, 1.82) is 0 Å². The molecule has 2 rings (SSSR count). The summed E-state index contributed by atoms with van der Waals surface area (Å²) >= 11 is 0. The van der Waals surface area contributed by atoms with Crippen LogP contribution in [0.25, 0.3) is 0 Å². The summed E-state index contributed by atoms with van der Waals surface area (Å²) < 4.78 is 32.1. The zero-order valence-corrected chi connectivity index (χ0v) is 14.6. The van der Waals surface area contributed by atoms with Crippen LogP contribution in [0.3, 0.4) is 0 Å². The second-order valence-corrected chi connectivity index (χ2v) is 7.09. The number of carbonyl (C=O) groups excluding carboxylic acids is 1. The quantitative estimate of drug-likeness (QED) is 0.840. The SMILES string of the molecule is COCC(=O)Nc1ccc(S(=O)(=O)Nc2ccc(C)c(C)c2)cc1. The van der Waals surface area contributed by atoms with E-state index in [2.05, 4.69) is 10.0 Å². The number of sulfonamides is 1. The number of hydrogen-bond donors (Lipinski definition) is 2. The molecule has 0 aromatic heterocycles. The van der Waals surface area contributed by atoms with Gasteiger partial charge < -0.3 is 10.1 Å². The third-order valence-electron chi connectivity index (χ3n) is 3.48. The molecule has 0 saturated heterocycles. The van der Waals surface area contributed by atoms with E-state index >= 15 is 0 Å². The van der Waals surface area contributed by atoms with Crippen LogP contribution in [-0.2, 0) is 19.6 Å². The Kier molecular flexibility index (Phi) is 5.58. The van der Waals surface area contributed by atoms with Crippen molar-refractivity contribution in [3.8, 4) is 0 Å². The van der Waals surface area contributed by atoms with Crippen molar-refractivity contribution in [2.75, 3.05) is 23.8 Å². The first kappa shape index (κ1) is 18.0. The molecule has 0 aliphatic carbocycles. The maximum Gasteiger partial charge on any atom is 0.261 e. The van der Waals surface area contributed by atoms with Crippen LogP contribution in [0, 0.1) is 13.8 Å². The fourth-order valence-electron chi connectivity index (χ4n) is 2.06. The fourth-order valence-corrected chi connectivity index (χ4v) is 3.11. The van der Waals surface area contributed by atoms with Gasteiger partial charge in [0.2, 0.25) is 5.91 Å². The Labute approximate surface area is 141 Å². The third-order valence-corrected chi connectivity index (χ3v) is 4.88. The molecular formula is C17H20N2O4S. The maximum absolute atomic E-state index is 12.4. The van der Waals surface area contributed by atoms with Gasteiger partial charge in [-0.25, -0.2) is 8.42 Å². The number of benzene rings is 2. The number of rotatable bonds is 6. The van der Waals surface area contributed by atoms with E-state index in [0.717, 1.165) is 11.1 Å². The molecule has 24 heavy (non-hydrogen) atoms. The summed E-state index contributed by atoms with van der Waals surface area (Å²) in [6.07, 6.45) is 0. The lowest BCUT2D eigenvalue weighted by atomic mass is 10.1. The highest BCUT2D eigenvalue weighted by Crippen LogP contribution is 2.20. The highest BCUT2D eigenvalue weighted by molar-refractivity contribution is 7.92. The van der Waals surface area contributed by atoms with Gasteiger partial charge in [0.25, 0.3) is 10.0 Å². The molecule has 0 fully saturated rings. The minimum atomic E-state index is -3.69. The van der Waals surface area contributed by atoms with Crippen molar-refractivity contribution in [3.63, 3.8) is 0 Å². The van der Waals surface area contributed by atoms with Crippen LogP contribution in [0.4, 0.5) is 11.4 Å². The standard InChI is InChI=1S/C17H20N2O4S/c1-12-4-5-15(10-13(12)2)19-24(21,22)16-8-6-14(7-9-16)18-17(20)11-23-3/h4-10,19H,11H2,1-3H3,(H,18,20). The zero-order valence-electron chi connectivity index (χ0n) is 13.8. The summed E-state index contributed by atoms with van der Waals surface area (Å²) in [5, 5.41) is 2.61. The molecule has 0 spiro atoms. The Morgan fingerprint density at radius 3 is 2.21 bits per heavy atom. The second kappa shape index (κ2) is 7.46. The highest BCUT2D eigenvalue weighted by atomic mass is 32.2. The summed E-state index contributed by atoms with van der Waals surface area (Å²) in [5.41, 5.74) is 3.11. The van der Waals surface area contributed by atoms with Crippen molar-refractivity contribution in [1.82, 2.24) is 0 Å². The first-order valence-electron chi connectivity index (χ1n) is 7.31. The Balaban J connectivity index is 2.14. The van der Waals surface area contributed by atoms with Crippen LogP contribution in [0.1, 0.15) is 11.1 Å². The molecular weight excluding hydrogens is 328 g/mol. The Morgan fingerprint density at radius 1 is 1.00 bits per heavy atom. The average Bonchev–Trinajstić information content (AvgIpc) is 2.51. The van der Waals surface area contributed by atoms with Gasteiger partial charge in [0, 0.05) is 18.5 Å². The van der Waals surface area contributed by atoms with Gasteiger partial charge in [-0.15, -0.1) is 0 Å². The van der Waals surface area contributed by atoms with Gasteiger partial charge in [0.1, 0.15) is 6.61 Å². The summed E-state index contributed by atoms with van der Waals surface area (Å²) in [6, 6.07) is 11.3. The topological polar surface area (TPSA) is 84.5 Å². The Morgan fingerprint density at radius 2 is 1.62 bits per heavy atom. The second-order valence-electron chi connectivity index (χ2n) is 5.41. The summed E-state index contributed by atoms with van der Waals surface area (Å²) in [4.78, 5) is 11.5. The lowest BCUT2D eigenvalue weighted by Crippen LogP contribution is -2.17. The zero-order chi connectivity index (χ0) is 17.7. The lowest BCUT2D eigenvalue weighted by molar-refractivity contribution is -0.119. The van der Waals surface area contributed by atoms with Crippen LogP contribution in [0.15, 0.2) is 47.4 Å². The summed E-state index contributed by atoms with van der Waals surface area (Å²) in [6.45, 7) is 3.82. The molecule has 6 nitrogen and oxygen atoms in total. The molecule has 2 N–H and O–H groups in total. The molecule has 0 bridgehead atoms. The van der Waals surface area contributed by atoms with Gasteiger partial charge in [-0.1, -0.05) is 6.07 Å². The number of ether oxygens (including phenoxy) is 1. The van der Waals surface area contributed by atoms with E-state index < -0.39 is 10.0 Å². The van der Waals surface area contributed by atoms with Crippen LogP contribution in [0.5, 0.6) is 0 Å². The number of anilines is 2. The molecule has 0 aliphatic heterocycles. The molecule has 0 saturated carbocycles. The van der Waals surface area contributed by atoms with E-state index in [1.807, 2.05) is 19.9 Å². The molecule has 128 valence electrons. The molecule has 0 unspecified atom stereocenters. The van der Waals surface area contributed by atoms with Crippen molar-refractivity contribution in [2.45, 2.75) is 18.7 Å². The highest BCUT2D eigenvalue weighted by Gasteiger charge is 2.14. The van der Waals surface area contributed by atoms with Gasteiger partial charge in [0.15, 0.2) is 0 Å². The van der Waals surface area contributed by atoms with Crippen LogP contribution < -0.4 is 10.0 Å². The van der Waals surface area contributed by atoms with Crippen LogP contribution in [0.2, 0.25) is 0 Å². The van der Waals surface area contributed by atoms with E-state index in [1.165, 1.54) is 31.4 Å².